The van der Waals surface area contributed by atoms with E-state index in [1.807, 2.05) is 0 Å². The van der Waals surface area contributed by atoms with Crippen LogP contribution in [-0.2, 0) is 9.22 Å². The Bertz CT molecular complexity index is 458. The van der Waals surface area contributed by atoms with Crippen molar-refractivity contribution < 1.29 is 9.22 Å². The first-order chi connectivity index (χ1) is 13.1. The molecule has 174 valence electrons. The van der Waals surface area contributed by atoms with E-state index in [1.165, 1.54) is 0 Å². The number of nitrogens with one attached hydrogen (secondary N) is 1. The van der Waals surface area contributed by atoms with Gasteiger partial charge in [0.1, 0.15) is 14.3 Å². The molecule has 0 aliphatic rings. The molecule has 29 heavy (non-hydrogen) atoms. The zero-order valence-electron chi connectivity index (χ0n) is 22.1. The second kappa shape index (κ2) is 11.5. The van der Waals surface area contributed by atoms with Gasteiger partial charge in [-0.25, -0.2) is 0 Å². The van der Waals surface area contributed by atoms with Crippen molar-refractivity contribution in [3.63, 3.8) is 0 Å². The molecule has 0 radical (unpaired) electrons. The van der Waals surface area contributed by atoms with Gasteiger partial charge in [-0.1, -0.05) is 103 Å². The lowest BCUT2D eigenvalue weighted by Crippen LogP contribution is -2.65. The normalized spacial score (nSPS) is 15.9. The van der Waals surface area contributed by atoms with Gasteiger partial charge in [0.15, 0.2) is 0 Å². The van der Waals surface area contributed by atoms with Crippen molar-refractivity contribution in [2.45, 2.75) is 143 Å². The van der Waals surface area contributed by atoms with Gasteiger partial charge in [-0.05, 0) is 39.2 Å². The largest absolute Gasteiger partial charge is 0.517 e. The molecule has 0 rings (SSSR count). The van der Waals surface area contributed by atoms with Crippen LogP contribution < -0.4 is 4.98 Å². The maximum absolute atomic E-state index is 13.8. The quantitative estimate of drug-likeness (QED) is 0.312. The van der Waals surface area contributed by atoms with Crippen molar-refractivity contribution >= 4 is 22.5 Å². The van der Waals surface area contributed by atoms with Crippen LogP contribution in [0.25, 0.3) is 0 Å². The van der Waals surface area contributed by atoms with E-state index < -0.39 is 16.6 Å². The Morgan fingerprint density at radius 2 is 1.03 bits per heavy atom. The molecule has 0 unspecified atom stereocenters. The zero-order chi connectivity index (χ0) is 23.3. The highest BCUT2D eigenvalue weighted by molar-refractivity contribution is 6.81. The van der Waals surface area contributed by atoms with E-state index in [1.54, 1.807) is 0 Å². The first-order valence-electron chi connectivity index (χ1n) is 12.1. The second-order valence-electron chi connectivity index (χ2n) is 11.1. The van der Waals surface area contributed by atoms with Gasteiger partial charge in [-0.3, -0.25) is 4.79 Å². The summed E-state index contributed by atoms with van der Waals surface area (Å²) >= 11 is 0. The monoisotopic (exact) mass is 443 g/mol. The maximum Gasteiger partial charge on any atom is 0.309 e. The zero-order valence-corrected chi connectivity index (χ0v) is 24.1. The molecule has 1 N–H and O–H groups in total. The Morgan fingerprint density at radius 3 is 1.28 bits per heavy atom. The molecule has 5 heteroatoms. The highest BCUT2D eigenvalue weighted by atomic mass is 28.4. The van der Waals surface area contributed by atoms with Crippen LogP contribution in [0.2, 0.25) is 33.2 Å². The Labute approximate surface area is 185 Å². The van der Waals surface area contributed by atoms with Gasteiger partial charge in [-0.2, -0.15) is 0 Å². The SMILES string of the molecule is CC[C@H](C)[C@H](N[Si](C(C)C)(C(C)C)C(C)C)C(=O)O[Si](C(C)C)(C(C)C)C(C)C. The number of rotatable bonds is 12. The van der Waals surface area contributed by atoms with E-state index in [0.717, 1.165) is 6.42 Å². The first kappa shape index (κ1) is 28.9. The summed E-state index contributed by atoms with van der Waals surface area (Å²) in [4.78, 5) is 17.8. The lowest BCUT2D eigenvalue weighted by atomic mass is 10.0. The smallest absolute Gasteiger partial charge is 0.309 e. The average Bonchev–Trinajstić information content (AvgIpc) is 2.57. The van der Waals surface area contributed by atoms with Crippen LogP contribution in [0.3, 0.4) is 0 Å². The predicted octanol–water partition coefficient (Wildman–Crippen LogP) is 7.88. The molecular formula is C24H53NO2Si2. The fraction of sp³-hybridized carbons (Fsp3) is 0.958. The third kappa shape index (κ3) is 5.97. The molecule has 2 atom stereocenters. The van der Waals surface area contributed by atoms with Gasteiger partial charge in [-0.15, -0.1) is 0 Å². The van der Waals surface area contributed by atoms with Crippen LogP contribution in [0, 0.1) is 5.92 Å². The van der Waals surface area contributed by atoms with Crippen LogP contribution in [0.5, 0.6) is 0 Å². The Hall–Kier alpha value is -0.136. The summed E-state index contributed by atoms with van der Waals surface area (Å²) in [6, 6.07) is -0.206. The summed E-state index contributed by atoms with van der Waals surface area (Å²) in [7, 11) is -4.17. The van der Waals surface area contributed by atoms with Crippen LogP contribution in [-0.4, -0.2) is 28.6 Å². The van der Waals surface area contributed by atoms with Crippen LogP contribution >= 0.6 is 0 Å². The number of carbonyl (C=O) groups excluding carboxylic acids is 1. The second-order valence-corrected chi connectivity index (χ2v) is 22.1. The van der Waals surface area contributed by atoms with Crippen LogP contribution in [0.1, 0.15) is 103 Å². The van der Waals surface area contributed by atoms with Gasteiger partial charge in [0.2, 0.25) is 0 Å². The van der Waals surface area contributed by atoms with Crippen molar-refractivity contribution in [2.24, 2.45) is 5.92 Å². The van der Waals surface area contributed by atoms with E-state index in [0.29, 0.717) is 33.2 Å². The van der Waals surface area contributed by atoms with Crippen molar-refractivity contribution in [3.8, 4) is 0 Å². The molecule has 0 fully saturated rings. The molecule has 0 saturated carbocycles. The number of hydrogen-bond donors (Lipinski definition) is 1. The third-order valence-electron chi connectivity index (χ3n) is 7.72. The van der Waals surface area contributed by atoms with Gasteiger partial charge in [0.25, 0.3) is 8.32 Å². The van der Waals surface area contributed by atoms with Crippen LogP contribution in [0.15, 0.2) is 0 Å². The molecule has 0 amide bonds. The third-order valence-corrected chi connectivity index (χ3v) is 20.2. The highest BCUT2D eigenvalue weighted by Gasteiger charge is 2.51. The molecule has 0 aliphatic carbocycles. The highest BCUT2D eigenvalue weighted by Crippen LogP contribution is 2.44. The Morgan fingerprint density at radius 1 is 0.690 bits per heavy atom. The first-order valence-corrected chi connectivity index (χ1v) is 16.5. The van der Waals surface area contributed by atoms with Crippen molar-refractivity contribution in [2.75, 3.05) is 0 Å². The summed E-state index contributed by atoms with van der Waals surface area (Å²) in [6.45, 7) is 31.9. The molecule has 0 spiro atoms. The minimum atomic E-state index is -2.24. The summed E-state index contributed by atoms with van der Waals surface area (Å²) in [5.74, 6) is 0.282. The summed E-state index contributed by atoms with van der Waals surface area (Å²) in [5, 5.41) is 0. The van der Waals surface area contributed by atoms with Crippen molar-refractivity contribution in [1.82, 2.24) is 4.98 Å². The summed E-state index contributed by atoms with van der Waals surface area (Å²) in [5.41, 5.74) is 2.90. The van der Waals surface area contributed by atoms with Gasteiger partial charge < -0.3 is 9.41 Å². The molecule has 0 saturated heterocycles. The summed E-state index contributed by atoms with van der Waals surface area (Å²) in [6.07, 6.45) is 0.977. The standard InChI is InChI=1S/C24H53NO2Si2/c1-15-22(14)23(25-28(16(2)3,17(4)5)18(6)7)24(26)27-29(19(8)9,20(10)11)21(12)13/h16-23,25H,15H2,1-14H3/t22-,23-/m0/s1. The number of carbonyl (C=O) groups is 1. The molecule has 0 aromatic rings. The molecular weight excluding hydrogens is 390 g/mol. The fourth-order valence-electron chi connectivity index (χ4n) is 6.03. The lowest BCUT2D eigenvalue weighted by Gasteiger charge is -2.48. The predicted molar refractivity (Wildman–Crippen MR) is 135 cm³/mol. The molecule has 0 aliphatic heterocycles. The van der Waals surface area contributed by atoms with E-state index in [4.69, 9.17) is 4.43 Å². The van der Waals surface area contributed by atoms with Crippen molar-refractivity contribution in [3.05, 3.63) is 0 Å². The minimum absolute atomic E-state index is 0.0148. The van der Waals surface area contributed by atoms with E-state index in [2.05, 4.69) is 102 Å². The number of hydrogen-bond acceptors (Lipinski definition) is 3. The molecule has 3 nitrogen and oxygen atoms in total. The molecule has 0 aromatic carbocycles. The van der Waals surface area contributed by atoms with Gasteiger partial charge in [0, 0.05) is 0 Å². The average molecular weight is 444 g/mol. The lowest BCUT2D eigenvalue weighted by molar-refractivity contribution is -0.139. The Balaban J connectivity index is 6.22. The van der Waals surface area contributed by atoms with Crippen LogP contribution in [0.4, 0.5) is 0 Å². The maximum atomic E-state index is 13.8. The minimum Gasteiger partial charge on any atom is -0.517 e. The Kier molecular flexibility index (Phi) is 11.4. The summed E-state index contributed by atoms with van der Waals surface area (Å²) < 4.78 is 6.65. The molecule has 0 aromatic heterocycles. The van der Waals surface area contributed by atoms with Crippen molar-refractivity contribution in [1.29, 1.82) is 0 Å². The van der Waals surface area contributed by atoms with E-state index in [-0.39, 0.29) is 17.9 Å². The van der Waals surface area contributed by atoms with Gasteiger partial charge in [0.05, 0.1) is 0 Å². The van der Waals surface area contributed by atoms with Gasteiger partial charge >= 0.3 is 5.97 Å². The van der Waals surface area contributed by atoms with E-state index >= 15 is 0 Å². The fourth-order valence-corrected chi connectivity index (χ4v) is 17.2. The molecule has 0 heterocycles. The topological polar surface area (TPSA) is 38.3 Å². The molecule has 0 bridgehead atoms. The van der Waals surface area contributed by atoms with E-state index in [9.17, 15) is 4.79 Å².